The maximum Gasteiger partial charge on any atom is 0.222 e. The highest BCUT2D eigenvalue weighted by molar-refractivity contribution is 5.76. The SMILES string of the molecule is CO[C@@H]1CCC[C@]12CCCN(C(=O)CCc1ccncc1)C2. The predicted molar refractivity (Wildman–Crippen MR) is 85.5 cm³/mol. The van der Waals surface area contributed by atoms with E-state index in [1.165, 1.54) is 24.8 Å². The lowest BCUT2D eigenvalue weighted by Crippen LogP contribution is -2.49. The molecule has 1 spiro atoms. The number of piperidine rings is 1. The molecule has 22 heavy (non-hydrogen) atoms. The second-order valence-corrected chi connectivity index (χ2v) is 6.75. The van der Waals surface area contributed by atoms with Crippen molar-refractivity contribution < 1.29 is 9.53 Å². The number of aryl methyl sites for hydroxylation is 1. The van der Waals surface area contributed by atoms with Crippen LogP contribution in [0.15, 0.2) is 24.5 Å². The standard InChI is InChI=1S/C18H26N2O2/c1-22-16-4-2-9-18(16)10-3-13-20(14-18)17(21)6-5-15-7-11-19-12-8-15/h7-8,11-12,16H,2-6,9-10,13-14H2,1H3/t16-,18-/m1/s1. The highest BCUT2D eigenvalue weighted by Crippen LogP contribution is 2.46. The number of aromatic nitrogens is 1. The first-order valence-corrected chi connectivity index (χ1v) is 8.43. The van der Waals surface area contributed by atoms with Crippen molar-refractivity contribution in [2.24, 2.45) is 5.41 Å². The summed E-state index contributed by atoms with van der Waals surface area (Å²) < 4.78 is 5.72. The first-order chi connectivity index (χ1) is 10.7. The van der Waals surface area contributed by atoms with Gasteiger partial charge in [0.2, 0.25) is 5.91 Å². The van der Waals surface area contributed by atoms with Gasteiger partial charge in [-0.1, -0.05) is 6.42 Å². The van der Waals surface area contributed by atoms with E-state index < -0.39 is 0 Å². The summed E-state index contributed by atoms with van der Waals surface area (Å²) in [6, 6.07) is 3.98. The van der Waals surface area contributed by atoms with Gasteiger partial charge >= 0.3 is 0 Å². The van der Waals surface area contributed by atoms with Gasteiger partial charge in [0, 0.05) is 44.4 Å². The van der Waals surface area contributed by atoms with Gasteiger partial charge in [-0.15, -0.1) is 0 Å². The minimum absolute atomic E-state index is 0.222. The Kier molecular flexibility index (Phi) is 4.77. The number of amides is 1. The number of hydrogen-bond acceptors (Lipinski definition) is 3. The van der Waals surface area contributed by atoms with Crippen molar-refractivity contribution in [3.8, 4) is 0 Å². The van der Waals surface area contributed by atoms with Crippen LogP contribution in [-0.4, -0.2) is 42.1 Å². The van der Waals surface area contributed by atoms with Gasteiger partial charge in [-0.2, -0.15) is 0 Å². The Balaban J connectivity index is 1.58. The lowest BCUT2D eigenvalue weighted by Gasteiger charge is -2.43. The van der Waals surface area contributed by atoms with Crippen molar-refractivity contribution in [2.75, 3.05) is 20.2 Å². The number of pyridine rings is 1. The third-order valence-electron chi connectivity index (χ3n) is 5.45. The van der Waals surface area contributed by atoms with E-state index in [1.54, 1.807) is 12.4 Å². The van der Waals surface area contributed by atoms with Gasteiger partial charge in [-0.3, -0.25) is 9.78 Å². The first kappa shape index (κ1) is 15.5. The van der Waals surface area contributed by atoms with E-state index in [2.05, 4.69) is 9.88 Å². The zero-order chi connectivity index (χ0) is 15.4. The molecule has 1 aliphatic heterocycles. The van der Waals surface area contributed by atoms with Gasteiger partial charge in [0.1, 0.15) is 0 Å². The van der Waals surface area contributed by atoms with Gasteiger partial charge in [0.15, 0.2) is 0 Å². The van der Waals surface area contributed by atoms with Crippen LogP contribution in [0.4, 0.5) is 0 Å². The van der Waals surface area contributed by atoms with Crippen LogP contribution in [0.1, 0.15) is 44.1 Å². The second kappa shape index (κ2) is 6.78. The molecule has 0 bridgehead atoms. The van der Waals surface area contributed by atoms with Crippen LogP contribution in [0.25, 0.3) is 0 Å². The number of hydrogen-bond donors (Lipinski definition) is 0. The number of rotatable bonds is 4. The average Bonchev–Trinajstić information content (AvgIpc) is 2.95. The molecule has 0 N–H and O–H groups in total. The van der Waals surface area contributed by atoms with Crippen molar-refractivity contribution >= 4 is 5.91 Å². The Morgan fingerprint density at radius 3 is 2.91 bits per heavy atom. The molecule has 0 aromatic carbocycles. The van der Waals surface area contributed by atoms with Crippen LogP contribution < -0.4 is 0 Å². The summed E-state index contributed by atoms with van der Waals surface area (Å²) in [7, 11) is 1.82. The summed E-state index contributed by atoms with van der Waals surface area (Å²) in [4.78, 5) is 18.7. The topological polar surface area (TPSA) is 42.4 Å². The fraction of sp³-hybridized carbons (Fsp3) is 0.667. The Hall–Kier alpha value is -1.42. The summed E-state index contributed by atoms with van der Waals surface area (Å²) in [5.74, 6) is 0.289. The van der Waals surface area contributed by atoms with Gasteiger partial charge in [-0.05, 0) is 49.8 Å². The minimum Gasteiger partial charge on any atom is -0.381 e. The maximum atomic E-state index is 12.6. The van der Waals surface area contributed by atoms with Crippen molar-refractivity contribution in [1.82, 2.24) is 9.88 Å². The van der Waals surface area contributed by atoms with E-state index in [-0.39, 0.29) is 11.3 Å². The molecule has 4 nitrogen and oxygen atoms in total. The Morgan fingerprint density at radius 1 is 1.36 bits per heavy atom. The van der Waals surface area contributed by atoms with E-state index in [0.717, 1.165) is 32.4 Å². The second-order valence-electron chi connectivity index (χ2n) is 6.75. The third-order valence-corrected chi connectivity index (χ3v) is 5.45. The van der Waals surface area contributed by atoms with E-state index in [1.807, 2.05) is 19.2 Å². The lowest BCUT2D eigenvalue weighted by atomic mass is 9.76. The van der Waals surface area contributed by atoms with E-state index >= 15 is 0 Å². The van der Waals surface area contributed by atoms with Gasteiger partial charge in [0.25, 0.3) is 0 Å². The largest absolute Gasteiger partial charge is 0.381 e. The smallest absolute Gasteiger partial charge is 0.222 e. The number of carbonyl (C=O) groups is 1. The minimum atomic E-state index is 0.222. The number of likely N-dealkylation sites (tertiary alicyclic amines) is 1. The van der Waals surface area contributed by atoms with Crippen LogP contribution in [0, 0.1) is 5.41 Å². The third kappa shape index (κ3) is 3.17. The molecule has 1 aromatic heterocycles. The molecule has 1 aromatic rings. The molecule has 3 rings (SSSR count). The summed E-state index contributed by atoms with van der Waals surface area (Å²) >= 11 is 0. The van der Waals surface area contributed by atoms with Crippen molar-refractivity contribution in [3.63, 3.8) is 0 Å². The maximum absolute atomic E-state index is 12.6. The fourth-order valence-corrected chi connectivity index (χ4v) is 4.27. The van der Waals surface area contributed by atoms with Gasteiger partial charge in [0.05, 0.1) is 6.10 Å². The van der Waals surface area contributed by atoms with E-state index in [0.29, 0.717) is 12.5 Å². The molecule has 2 fully saturated rings. The summed E-state index contributed by atoms with van der Waals surface area (Å²) in [6.07, 6.45) is 11.2. The van der Waals surface area contributed by atoms with Gasteiger partial charge in [-0.25, -0.2) is 0 Å². The molecular weight excluding hydrogens is 276 g/mol. The lowest BCUT2D eigenvalue weighted by molar-refractivity contribution is -0.137. The molecule has 0 unspecified atom stereocenters. The molecule has 1 saturated carbocycles. The zero-order valence-corrected chi connectivity index (χ0v) is 13.5. The molecule has 2 atom stereocenters. The number of carbonyl (C=O) groups excluding carboxylic acids is 1. The van der Waals surface area contributed by atoms with Crippen molar-refractivity contribution in [2.45, 2.75) is 51.0 Å². The predicted octanol–water partition coefficient (Wildman–Crippen LogP) is 2.82. The Morgan fingerprint density at radius 2 is 2.14 bits per heavy atom. The van der Waals surface area contributed by atoms with Crippen molar-refractivity contribution in [3.05, 3.63) is 30.1 Å². The average molecular weight is 302 g/mol. The molecular formula is C18H26N2O2. The monoisotopic (exact) mass is 302 g/mol. The van der Waals surface area contributed by atoms with Crippen molar-refractivity contribution in [1.29, 1.82) is 0 Å². The first-order valence-electron chi connectivity index (χ1n) is 8.43. The van der Waals surface area contributed by atoms with Crippen LogP contribution >= 0.6 is 0 Å². The molecule has 1 saturated heterocycles. The quantitative estimate of drug-likeness (QED) is 0.859. The summed E-state index contributed by atoms with van der Waals surface area (Å²) in [5, 5.41) is 0. The van der Waals surface area contributed by atoms with Crippen LogP contribution in [0.3, 0.4) is 0 Å². The molecule has 120 valence electrons. The molecule has 1 aliphatic carbocycles. The Labute approximate surface area is 132 Å². The normalized spacial score (nSPS) is 28.2. The fourth-order valence-electron chi connectivity index (χ4n) is 4.27. The van der Waals surface area contributed by atoms with Crippen LogP contribution in [0.5, 0.6) is 0 Å². The van der Waals surface area contributed by atoms with Gasteiger partial charge < -0.3 is 9.64 Å². The van der Waals surface area contributed by atoms with E-state index in [9.17, 15) is 4.79 Å². The van der Waals surface area contributed by atoms with Crippen LogP contribution in [0.2, 0.25) is 0 Å². The number of ether oxygens (including phenoxy) is 1. The molecule has 1 amide bonds. The summed E-state index contributed by atoms with van der Waals surface area (Å²) in [5.41, 5.74) is 1.41. The zero-order valence-electron chi connectivity index (χ0n) is 13.5. The number of nitrogens with zero attached hydrogens (tertiary/aromatic N) is 2. The van der Waals surface area contributed by atoms with E-state index in [4.69, 9.17) is 4.74 Å². The number of methoxy groups -OCH3 is 1. The highest BCUT2D eigenvalue weighted by atomic mass is 16.5. The van der Waals surface area contributed by atoms with Crippen LogP contribution in [-0.2, 0) is 16.0 Å². The molecule has 0 radical (unpaired) electrons. The Bertz CT molecular complexity index is 505. The molecule has 2 heterocycles. The molecule has 4 heteroatoms. The highest BCUT2D eigenvalue weighted by Gasteiger charge is 2.46. The summed E-state index contributed by atoms with van der Waals surface area (Å²) in [6.45, 7) is 1.80. The molecule has 2 aliphatic rings.